The zero-order chi connectivity index (χ0) is 10.0. The van der Waals surface area contributed by atoms with E-state index in [1.807, 2.05) is 0 Å². The van der Waals surface area contributed by atoms with Gasteiger partial charge in [-0.05, 0) is 6.92 Å². The van der Waals surface area contributed by atoms with Gasteiger partial charge in [0.05, 0.1) is 0 Å². The number of rotatable bonds is 3. The molecule has 0 amide bonds. The SMILES string of the molecule is Cc1csc(C(O)C(F)C(=O)O)n1. The quantitative estimate of drug-likeness (QED) is 0.769. The number of hydrogen-bond acceptors (Lipinski definition) is 4. The summed E-state index contributed by atoms with van der Waals surface area (Å²) in [5.74, 6) is -1.68. The van der Waals surface area contributed by atoms with E-state index < -0.39 is 18.2 Å². The van der Waals surface area contributed by atoms with Crippen LogP contribution in [0.4, 0.5) is 4.39 Å². The van der Waals surface area contributed by atoms with Crippen molar-refractivity contribution in [3.63, 3.8) is 0 Å². The fraction of sp³-hybridized carbons (Fsp3) is 0.429. The standard InChI is InChI=1S/C7H8FNO3S/c1-3-2-13-6(9-3)5(10)4(8)7(11)12/h2,4-5,10H,1H3,(H,11,12). The van der Waals surface area contributed by atoms with Crippen LogP contribution in [-0.2, 0) is 4.79 Å². The summed E-state index contributed by atoms with van der Waals surface area (Å²) >= 11 is 1.04. The van der Waals surface area contributed by atoms with Crippen LogP contribution in [0.5, 0.6) is 0 Å². The van der Waals surface area contributed by atoms with Crippen molar-refractivity contribution in [2.75, 3.05) is 0 Å². The van der Waals surface area contributed by atoms with Crippen molar-refractivity contribution in [2.24, 2.45) is 0 Å². The van der Waals surface area contributed by atoms with Gasteiger partial charge in [-0.2, -0.15) is 0 Å². The second-order valence-electron chi connectivity index (χ2n) is 2.51. The molecule has 0 aliphatic heterocycles. The Bertz CT molecular complexity index is 314. The fourth-order valence-corrected chi connectivity index (χ4v) is 1.57. The van der Waals surface area contributed by atoms with E-state index in [1.54, 1.807) is 12.3 Å². The van der Waals surface area contributed by atoms with Crippen LogP contribution < -0.4 is 0 Å². The summed E-state index contributed by atoms with van der Waals surface area (Å²) < 4.78 is 12.7. The van der Waals surface area contributed by atoms with Crippen molar-refractivity contribution in [3.8, 4) is 0 Å². The first-order valence-corrected chi connectivity index (χ1v) is 4.37. The van der Waals surface area contributed by atoms with Gasteiger partial charge in [0.15, 0.2) is 0 Å². The van der Waals surface area contributed by atoms with Gasteiger partial charge in [-0.15, -0.1) is 11.3 Å². The normalized spacial score (nSPS) is 15.3. The molecule has 0 aliphatic rings. The lowest BCUT2D eigenvalue weighted by molar-refractivity contribution is -0.147. The summed E-state index contributed by atoms with van der Waals surface area (Å²) in [6.07, 6.45) is -3.98. The molecule has 6 heteroatoms. The maximum Gasteiger partial charge on any atom is 0.341 e. The Morgan fingerprint density at radius 3 is 2.77 bits per heavy atom. The fourth-order valence-electron chi connectivity index (χ4n) is 0.768. The van der Waals surface area contributed by atoms with E-state index >= 15 is 0 Å². The lowest BCUT2D eigenvalue weighted by Crippen LogP contribution is -2.23. The summed E-state index contributed by atoms with van der Waals surface area (Å²) in [5.41, 5.74) is 0.636. The highest BCUT2D eigenvalue weighted by Gasteiger charge is 2.29. The van der Waals surface area contributed by atoms with Crippen molar-refractivity contribution >= 4 is 17.3 Å². The summed E-state index contributed by atoms with van der Waals surface area (Å²) in [7, 11) is 0. The monoisotopic (exact) mass is 205 g/mol. The Hall–Kier alpha value is -1.01. The minimum absolute atomic E-state index is 0.0902. The number of carboxylic acid groups (broad SMARTS) is 1. The zero-order valence-corrected chi connectivity index (χ0v) is 7.58. The molecule has 2 atom stereocenters. The number of thiazole rings is 1. The Morgan fingerprint density at radius 2 is 2.38 bits per heavy atom. The van der Waals surface area contributed by atoms with Gasteiger partial charge >= 0.3 is 5.97 Å². The summed E-state index contributed by atoms with van der Waals surface area (Å²) in [5, 5.41) is 19.1. The summed E-state index contributed by atoms with van der Waals surface area (Å²) in [6, 6.07) is 0. The lowest BCUT2D eigenvalue weighted by atomic mass is 10.2. The van der Waals surface area contributed by atoms with Gasteiger partial charge < -0.3 is 10.2 Å². The van der Waals surface area contributed by atoms with Gasteiger partial charge in [-0.3, -0.25) is 0 Å². The zero-order valence-electron chi connectivity index (χ0n) is 6.77. The van der Waals surface area contributed by atoms with Gasteiger partial charge in [0.2, 0.25) is 6.17 Å². The maximum absolute atomic E-state index is 12.7. The highest BCUT2D eigenvalue weighted by Crippen LogP contribution is 2.22. The summed E-state index contributed by atoms with van der Waals surface area (Å²) in [4.78, 5) is 13.9. The van der Waals surface area contributed by atoms with Gasteiger partial charge in [0.1, 0.15) is 11.1 Å². The van der Waals surface area contributed by atoms with Gasteiger partial charge in [0, 0.05) is 11.1 Å². The van der Waals surface area contributed by atoms with Crippen LogP contribution in [0, 0.1) is 6.92 Å². The number of aliphatic hydroxyl groups is 1. The van der Waals surface area contributed by atoms with Crippen LogP contribution in [0.25, 0.3) is 0 Å². The molecule has 4 nitrogen and oxygen atoms in total. The van der Waals surface area contributed by atoms with Gasteiger partial charge in [-0.1, -0.05) is 0 Å². The molecule has 0 aromatic carbocycles. The Morgan fingerprint density at radius 1 is 1.77 bits per heavy atom. The van der Waals surface area contributed by atoms with E-state index in [4.69, 9.17) is 10.2 Å². The average Bonchev–Trinajstić information content (AvgIpc) is 2.49. The van der Waals surface area contributed by atoms with Crippen molar-refractivity contribution < 1.29 is 19.4 Å². The molecule has 0 saturated heterocycles. The first-order valence-electron chi connectivity index (χ1n) is 3.49. The number of aromatic nitrogens is 1. The van der Waals surface area contributed by atoms with Crippen LogP contribution in [-0.4, -0.2) is 27.3 Å². The van der Waals surface area contributed by atoms with E-state index in [9.17, 15) is 9.18 Å². The molecule has 0 aliphatic carbocycles. The molecule has 1 aromatic heterocycles. The van der Waals surface area contributed by atoms with Crippen molar-refractivity contribution in [1.29, 1.82) is 0 Å². The van der Waals surface area contributed by atoms with E-state index in [1.165, 1.54) is 0 Å². The van der Waals surface area contributed by atoms with Gasteiger partial charge in [-0.25, -0.2) is 14.2 Å². The average molecular weight is 205 g/mol. The van der Waals surface area contributed by atoms with Crippen molar-refractivity contribution in [3.05, 3.63) is 16.1 Å². The molecule has 1 aromatic rings. The highest BCUT2D eigenvalue weighted by atomic mass is 32.1. The molecule has 1 heterocycles. The third-order valence-corrected chi connectivity index (χ3v) is 2.44. The molecule has 2 N–H and O–H groups in total. The van der Waals surface area contributed by atoms with Crippen molar-refractivity contribution in [2.45, 2.75) is 19.2 Å². The Labute approximate surface area is 77.7 Å². The predicted molar refractivity (Wildman–Crippen MR) is 44.3 cm³/mol. The smallest absolute Gasteiger partial charge is 0.341 e. The van der Waals surface area contributed by atoms with E-state index in [2.05, 4.69) is 4.98 Å². The number of aryl methyl sites for hydroxylation is 1. The highest BCUT2D eigenvalue weighted by molar-refractivity contribution is 7.09. The molecule has 0 radical (unpaired) electrons. The maximum atomic E-state index is 12.7. The topological polar surface area (TPSA) is 70.4 Å². The molecule has 0 spiro atoms. The van der Waals surface area contributed by atoms with Crippen LogP contribution in [0.1, 0.15) is 16.8 Å². The minimum atomic E-state index is -2.31. The minimum Gasteiger partial charge on any atom is -0.479 e. The van der Waals surface area contributed by atoms with E-state index in [0.29, 0.717) is 5.69 Å². The van der Waals surface area contributed by atoms with Crippen LogP contribution in [0.2, 0.25) is 0 Å². The first kappa shape index (κ1) is 10.1. The van der Waals surface area contributed by atoms with E-state index in [-0.39, 0.29) is 5.01 Å². The number of nitrogens with zero attached hydrogens (tertiary/aromatic N) is 1. The third kappa shape index (κ3) is 2.22. The largest absolute Gasteiger partial charge is 0.479 e. The molecule has 13 heavy (non-hydrogen) atoms. The number of carbonyl (C=O) groups is 1. The molecule has 72 valence electrons. The number of aliphatic hydroxyl groups excluding tert-OH is 1. The molecular formula is C7H8FNO3S. The third-order valence-electron chi connectivity index (χ3n) is 1.40. The van der Waals surface area contributed by atoms with E-state index in [0.717, 1.165) is 11.3 Å². The first-order chi connectivity index (χ1) is 6.02. The van der Waals surface area contributed by atoms with Crippen LogP contribution in [0.3, 0.4) is 0 Å². The predicted octanol–water partition coefficient (Wildman–Crippen LogP) is 0.908. The Balaban J connectivity index is 2.78. The Kier molecular flexibility index (Phi) is 2.94. The molecule has 2 unspecified atom stereocenters. The second-order valence-corrected chi connectivity index (χ2v) is 3.40. The number of halogens is 1. The van der Waals surface area contributed by atoms with Crippen LogP contribution >= 0.6 is 11.3 Å². The van der Waals surface area contributed by atoms with Crippen LogP contribution in [0.15, 0.2) is 5.38 Å². The van der Waals surface area contributed by atoms with Crippen molar-refractivity contribution in [1.82, 2.24) is 4.98 Å². The second kappa shape index (κ2) is 3.80. The number of hydrogen-bond donors (Lipinski definition) is 2. The lowest BCUT2D eigenvalue weighted by Gasteiger charge is -2.07. The molecule has 0 fully saturated rings. The molecule has 1 rings (SSSR count). The number of carboxylic acids is 1. The molecule has 0 saturated carbocycles. The molecule has 0 bridgehead atoms. The summed E-state index contributed by atoms with van der Waals surface area (Å²) in [6.45, 7) is 1.68. The van der Waals surface area contributed by atoms with Gasteiger partial charge in [0.25, 0.3) is 0 Å². The molecular weight excluding hydrogens is 197 g/mol. The number of aliphatic carboxylic acids is 1. The number of alkyl halides is 1.